The van der Waals surface area contributed by atoms with Crippen molar-refractivity contribution in [2.45, 2.75) is 25.8 Å². The summed E-state index contributed by atoms with van der Waals surface area (Å²) in [6, 6.07) is 6.41. The Bertz CT molecular complexity index is 756. The van der Waals surface area contributed by atoms with E-state index in [0.29, 0.717) is 25.1 Å². The summed E-state index contributed by atoms with van der Waals surface area (Å²) in [6.07, 6.45) is 4.70. The van der Waals surface area contributed by atoms with Crippen LogP contribution in [0, 0.1) is 5.82 Å². The summed E-state index contributed by atoms with van der Waals surface area (Å²) < 4.78 is 13.0. The van der Waals surface area contributed by atoms with E-state index < -0.39 is 0 Å². The highest BCUT2D eigenvalue weighted by Gasteiger charge is 2.30. The monoisotopic (exact) mass is 326 g/mol. The molecule has 2 aliphatic heterocycles. The van der Waals surface area contributed by atoms with Gasteiger partial charge in [-0.25, -0.2) is 14.4 Å². The molecule has 1 fully saturated rings. The molecule has 1 saturated heterocycles. The van der Waals surface area contributed by atoms with E-state index in [-0.39, 0.29) is 11.7 Å². The van der Waals surface area contributed by atoms with Gasteiger partial charge in [-0.05, 0) is 37.0 Å². The Balaban J connectivity index is 1.45. The zero-order valence-corrected chi connectivity index (χ0v) is 13.4. The lowest BCUT2D eigenvalue weighted by Crippen LogP contribution is -2.26. The van der Waals surface area contributed by atoms with Crippen molar-refractivity contribution in [1.29, 1.82) is 0 Å². The fourth-order valence-electron chi connectivity index (χ4n) is 3.29. The van der Waals surface area contributed by atoms with Gasteiger partial charge in [0.05, 0.1) is 17.8 Å². The lowest BCUT2D eigenvalue weighted by atomic mass is 10.1. The van der Waals surface area contributed by atoms with Crippen molar-refractivity contribution >= 4 is 11.9 Å². The Morgan fingerprint density at radius 1 is 1.12 bits per heavy atom. The zero-order chi connectivity index (χ0) is 16.5. The smallest absolute Gasteiger partial charge is 0.257 e. The third kappa shape index (κ3) is 2.84. The third-order valence-corrected chi connectivity index (χ3v) is 4.69. The number of hydrogen-bond donors (Lipinski definition) is 0. The second-order valence-corrected chi connectivity index (χ2v) is 6.33. The van der Waals surface area contributed by atoms with Crippen LogP contribution in [0.1, 0.15) is 34.5 Å². The zero-order valence-electron chi connectivity index (χ0n) is 13.4. The van der Waals surface area contributed by atoms with Gasteiger partial charge in [-0.3, -0.25) is 4.79 Å². The van der Waals surface area contributed by atoms with Crippen LogP contribution in [0.3, 0.4) is 0 Å². The van der Waals surface area contributed by atoms with E-state index in [1.54, 1.807) is 23.2 Å². The van der Waals surface area contributed by atoms with E-state index in [9.17, 15) is 9.18 Å². The summed E-state index contributed by atoms with van der Waals surface area (Å²) in [7, 11) is 0. The molecule has 4 rings (SSSR count). The molecule has 24 heavy (non-hydrogen) atoms. The number of rotatable bonds is 4. The summed E-state index contributed by atoms with van der Waals surface area (Å²) in [4.78, 5) is 25.4. The van der Waals surface area contributed by atoms with E-state index in [1.165, 1.54) is 25.0 Å². The first-order chi connectivity index (χ1) is 11.7. The van der Waals surface area contributed by atoms with Crippen molar-refractivity contribution in [2.75, 3.05) is 24.5 Å². The minimum Gasteiger partial charge on any atom is -0.341 e. The number of fused-ring (bicyclic) bond motifs is 1. The van der Waals surface area contributed by atoms with Gasteiger partial charge in [-0.15, -0.1) is 0 Å². The third-order valence-electron chi connectivity index (χ3n) is 4.69. The number of aromatic nitrogens is 2. The summed E-state index contributed by atoms with van der Waals surface area (Å²) in [5.41, 5.74) is 2.44. The van der Waals surface area contributed by atoms with Crippen LogP contribution in [0.15, 0.2) is 30.5 Å². The van der Waals surface area contributed by atoms with Crippen molar-refractivity contribution in [3.8, 4) is 0 Å². The fourth-order valence-corrected chi connectivity index (χ4v) is 3.29. The molecule has 0 atom stereocenters. The highest BCUT2D eigenvalue weighted by molar-refractivity contribution is 5.97. The van der Waals surface area contributed by atoms with Crippen molar-refractivity contribution < 1.29 is 9.18 Å². The van der Waals surface area contributed by atoms with Gasteiger partial charge in [-0.1, -0.05) is 12.1 Å². The average molecular weight is 326 g/mol. The van der Waals surface area contributed by atoms with Gasteiger partial charge >= 0.3 is 0 Å². The Kier molecular flexibility index (Phi) is 3.88. The van der Waals surface area contributed by atoms with Gasteiger partial charge in [-0.2, -0.15) is 0 Å². The molecule has 0 saturated carbocycles. The van der Waals surface area contributed by atoms with Crippen molar-refractivity contribution in [2.24, 2.45) is 0 Å². The summed E-state index contributed by atoms with van der Waals surface area (Å²) >= 11 is 0. The Morgan fingerprint density at radius 2 is 1.88 bits per heavy atom. The van der Waals surface area contributed by atoms with Crippen LogP contribution in [0.4, 0.5) is 10.3 Å². The van der Waals surface area contributed by atoms with Crippen LogP contribution in [-0.4, -0.2) is 40.4 Å². The van der Waals surface area contributed by atoms with E-state index in [0.717, 1.165) is 30.3 Å². The summed E-state index contributed by atoms with van der Waals surface area (Å²) in [5.74, 6) is 0.479. The minimum absolute atomic E-state index is 0.0138. The second kappa shape index (κ2) is 6.19. The molecular weight excluding hydrogens is 307 g/mol. The first-order valence-corrected chi connectivity index (χ1v) is 8.35. The fraction of sp³-hybridized carbons (Fsp3) is 0.389. The average Bonchev–Trinajstić information content (AvgIpc) is 3.23. The number of amides is 1. The predicted octanol–water partition coefficient (Wildman–Crippen LogP) is 2.41. The summed E-state index contributed by atoms with van der Waals surface area (Å²) in [6.45, 7) is 3.10. The Hall–Kier alpha value is -2.50. The van der Waals surface area contributed by atoms with Crippen molar-refractivity contribution in [3.05, 3.63) is 53.1 Å². The van der Waals surface area contributed by atoms with Gasteiger partial charge in [0.2, 0.25) is 5.95 Å². The predicted molar refractivity (Wildman–Crippen MR) is 88.3 cm³/mol. The normalized spacial score (nSPS) is 16.8. The molecule has 0 unspecified atom stereocenters. The maximum absolute atomic E-state index is 13.0. The van der Waals surface area contributed by atoms with Crippen LogP contribution in [0.2, 0.25) is 0 Å². The molecule has 1 aromatic heterocycles. The van der Waals surface area contributed by atoms with Crippen LogP contribution in [0.5, 0.6) is 0 Å². The standard InChI is InChI=1S/C18H19FN4O/c19-14-5-3-13(4-6-14)7-10-23-12-16-15(17(23)24)11-20-18(21-16)22-8-1-2-9-22/h3-6,11H,1-2,7-10,12H2. The molecule has 0 spiro atoms. The Labute approximate surface area is 140 Å². The number of anilines is 1. The molecule has 0 radical (unpaired) electrons. The van der Waals surface area contributed by atoms with Crippen LogP contribution < -0.4 is 4.90 Å². The second-order valence-electron chi connectivity index (χ2n) is 6.33. The van der Waals surface area contributed by atoms with Gasteiger partial charge < -0.3 is 9.80 Å². The van der Waals surface area contributed by atoms with Gasteiger partial charge in [0.25, 0.3) is 5.91 Å². The minimum atomic E-state index is -0.242. The van der Waals surface area contributed by atoms with Crippen LogP contribution in [-0.2, 0) is 13.0 Å². The largest absolute Gasteiger partial charge is 0.341 e. The van der Waals surface area contributed by atoms with E-state index in [1.807, 2.05) is 0 Å². The first kappa shape index (κ1) is 15.1. The van der Waals surface area contributed by atoms with Crippen LogP contribution in [0.25, 0.3) is 0 Å². The molecule has 0 aliphatic carbocycles. The molecule has 0 bridgehead atoms. The number of hydrogen-bond acceptors (Lipinski definition) is 4. The van der Waals surface area contributed by atoms with E-state index in [2.05, 4.69) is 14.9 Å². The molecule has 3 heterocycles. The number of halogens is 1. The number of nitrogens with zero attached hydrogens (tertiary/aromatic N) is 4. The quantitative estimate of drug-likeness (QED) is 0.866. The highest BCUT2D eigenvalue weighted by Crippen LogP contribution is 2.24. The van der Waals surface area contributed by atoms with Crippen molar-refractivity contribution in [1.82, 2.24) is 14.9 Å². The van der Waals surface area contributed by atoms with Gasteiger partial charge in [0.1, 0.15) is 5.82 Å². The van der Waals surface area contributed by atoms with Gasteiger partial charge in [0.15, 0.2) is 0 Å². The van der Waals surface area contributed by atoms with Crippen molar-refractivity contribution in [3.63, 3.8) is 0 Å². The maximum atomic E-state index is 13.0. The summed E-state index contributed by atoms with van der Waals surface area (Å²) in [5, 5.41) is 0. The molecule has 1 amide bonds. The molecule has 2 aliphatic rings. The molecular formula is C18H19FN4O. The number of carbonyl (C=O) groups is 1. The van der Waals surface area contributed by atoms with E-state index >= 15 is 0 Å². The molecule has 124 valence electrons. The Morgan fingerprint density at radius 3 is 2.62 bits per heavy atom. The topological polar surface area (TPSA) is 49.3 Å². The highest BCUT2D eigenvalue weighted by atomic mass is 19.1. The lowest BCUT2D eigenvalue weighted by molar-refractivity contribution is 0.0779. The first-order valence-electron chi connectivity index (χ1n) is 8.35. The lowest BCUT2D eigenvalue weighted by Gasteiger charge is -2.15. The molecule has 1 aromatic carbocycles. The molecule has 6 heteroatoms. The number of benzene rings is 1. The maximum Gasteiger partial charge on any atom is 0.257 e. The SMILES string of the molecule is O=C1c2cnc(N3CCCC3)nc2CN1CCc1ccc(F)cc1. The number of carbonyl (C=O) groups excluding carboxylic acids is 1. The van der Waals surface area contributed by atoms with Crippen LogP contribution >= 0.6 is 0 Å². The van der Waals surface area contributed by atoms with E-state index in [4.69, 9.17) is 0 Å². The van der Waals surface area contributed by atoms with Gasteiger partial charge in [0, 0.05) is 25.8 Å². The molecule has 0 N–H and O–H groups in total. The molecule has 2 aromatic rings. The molecule has 5 nitrogen and oxygen atoms in total.